The zero-order chi connectivity index (χ0) is 20.5. The van der Waals surface area contributed by atoms with Gasteiger partial charge in [0.25, 0.3) is 5.56 Å². The number of carbonyl (C=O) groups is 2. The van der Waals surface area contributed by atoms with Gasteiger partial charge >= 0.3 is 5.97 Å². The number of methoxy groups -OCH3 is 1. The molecule has 28 heavy (non-hydrogen) atoms. The fraction of sp³-hybridized carbons (Fsp3) is 0.368. The average molecular weight is 405 g/mol. The Labute approximate surface area is 167 Å². The van der Waals surface area contributed by atoms with Crippen LogP contribution in [-0.2, 0) is 27.3 Å². The summed E-state index contributed by atoms with van der Waals surface area (Å²) < 4.78 is 9.98. The van der Waals surface area contributed by atoms with Crippen molar-refractivity contribution in [3.05, 3.63) is 51.9 Å². The highest BCUT2D eigenvalue weighted by molar-refractivity contribution is 7.99. The van der Waals surface area contributed by atoms with Crippen molar-refractivity contribution in [2.45, 2.75) is 25.0 Å². The minimum atomic E-state index is -0.486. The third kappa shape index (κ3) is 6.73. The molecule has 1 heterocycles. The van der Waals surface area contributed by atoms with Gasteiger partial charge in [0, 0.05) is 19.7 Å². The van der Waals surface area contributed by atoms with Gasteiger partial charge in [0.2, 0.25) is 5.91 Å². The molecule has 0 unspecified atom stereocenters. The number of rotatable bonds is 9. The number of esters is 1. The van der Waals surface area contributed by atoms with E-state index in [4.69, 9.17) is 4.74 Å². The van der Waals surface area contributed by atoms with Crippen molar-refractivity contribution in [2.24, 2.45) is 0 Å². The second kappa shape index (κ2) is 10.5. The molecule has 0 bridgehead atoms. The van der Waals surface area contributed by atoms with Crippen molar-refractivity contribution in [1.29, 1.82) is 0 Å². The SMILES string of the molecule is CCOc1ccc(CN(C)C(=O)CSc2nc(CC(=O)OC)cc(=O)[nH]2)cc1. The third-order valence-electron chi connectivity index (χ3n) is 3.74. The number of H-pyrrole nitrogens is 1. The normalized spacial score (nSPS) is 10.4. The Hall–Kier alpha value is -2.81. The van der Waals surface area contributed by atoms with Gasteiger partial charge in [0.15, 0.2) is 5.16 Å². The summed E-state index contributed by atoms with van der Waals surface area (Å²) in [5, 5.41) is 0.286. The minimum absolute atomic E-state index is 0.0976. The van der Waals surface area contributed by atoms with Crippen molar-refractivity contribution < 1.29 is 19.1 Å². The zero-order valence-corrected chi connectivity index (χ0v) is 16.9. The van der Waals surface area contributed by atoms with Crippen LogP contribution in [0.1, 0.15) is 18.2 Å². The monoisotopic (exact) mass is 405 g/mol. The lowest BCUT2D eigenvalue weighted by atomic mass is 10.2. The second-order valence-electron chi connectivity index (χ2n) is 5.91. The topological polar surface area (TPSA) is 102 Å². The first kappa shape index (κ1) is 21.5. The summed E-state index contributed by atoms with van der Waals surface area (Å²) in [6, 6.07) is 8.80. The molecule has 0 aliphatic rings. The predicted molar refractivity (Wildman–Crippen MR) is 105 cm³/mol. The van der Waals surface area contributed by atoms with Crippen LogP contribution < -0.4 is 10.3 Å². The lowest BCUT2D eigenvalue weighted by molar-refractivity contribution is -0.139. The molecule has 1 aromatic heterocycles. The highest BCUT2D eigenvalue weighted by Gasteiger charge is 2.13. The van der Waals surface area contributed by atoms with Gasteiger partial charge in [-0.25, -0.2) is 4.98 Å². The molecule has 0 spiro atoms. The Bertz CT molecular complexity index is 867. The summed E-state index contributed by atoms with van der Waals surface area (Å²) in [4.78, 5) is 43.8. The molecule has 1 aromatic carbocycles. The zero-order valence-electron chi connectivity index (χ0n) is 16.1. The number of hydrogen-bond acceptors (Lipinski definition) is 7. The van der Waals surface area contributed by atoms with E-state index in [0.717, 1.165) is 23.1 Å². The Morgan fingerprint density at radius 1 is 1.25 bits per heavy atom. The van der Waals surface area contributed by atoms with Crippen LogP contribution in [-0.4, -0.2) is 53.3 Å². The summed E-state index contributed by atoms with van der Waals surface area (Å²) in [6.45, 7) is 2.98. The Morgan fingerprint density at radius 3 is 2.61 bits per heavy atom. The fourth-order valence-electron chi connectivity index (χ4n) is 2.32. The molecule has 0 saturated heterocycles. The third-order valence-corrected chi connectivity index (χ3v) is 4.60. The number of ether oxygens (including phenoxy) is 2. The van der Waals surface area contributed by atoms with E-state index in [2.05, 4.69) is 14.7 Å². The van der Waals surface area contributed by atoms with E-state index in [-0.39, 0.29) is 28.8 Å². The van der Waals surface area contributed by atoms with Crippen LogP contribution in [0.15, 0.2) is 40.3 Å². The van der Waals surface area contributed by atoms with E-state index in [1.807, 2.05) is 31.2 Å². The van der Waals surface area contributed by atoms with Crippen LogP contribution >= 0.6 is 11.8 Å². The summed E-state index contributed by atoms with van der Waals surface area (Å²) in [5.74, 6) is 0.302. The minimum Gasteiger partial charge on any atom is -0.494 e. The maximum Gasteiger partial charge on any atom is 0.311 e. The number of thioether (sulfide) groups is 1. The molecule has 0 atom stereocenters. The van der Waals surface area contributed by atoms with Gasteiger partial charge in [0.1, 0.15) is 5.75 Å². The summed E-state index contributed by atoms with van der Waals surface area (Å²) in [6.07, 6.45) is -0.0976. The number of aromatic amines is 1. The van der Waals surface area contributed by atoms with E-state index in [1.54, 1.807) is 11.9 Å². The van der Waals surface area contributed by atoms with E-state index >= 15 is 0 Å². The molecule has 8 nitrogen and oxygen atoms in total. The number of nitrogens with one attached hydrogen (secondary N) is 1. The highest BCUT2D eigenvalue weighted by atomic mass is 32.2. The number of hydrogen-bond donors (Lipinski definition) is 1. The van der Waals surface area contributed by atoms with Gasteiger partial charge < -0.3 is 19.4 Å². The first-order valence-corrected chi connectivity index (χ1v) is 9.65. The fourth-order valence-corrected chi connectivity index (χ4v) is 3.16. The quantitative estimate of drug-likeness (QED) is 0.384. The molecule has 0 aliphatic heterocycles. The van der Waals surface area contributed by atoms with Crippen LogP contribution in [0, 0.1) is 0 Å². The highest BCUT2D eigenvalue weighted by Crippen LogP contribution is 2.15. The van der Waals surface area contributed by atoms with Crippen molar-refractivity contribution in [2.75, 3.05) is 26.5 Å². The first-order chi connectivity index (χ1) is 13.4. The number of carbonyl (C=O) groups excluding carboxylic acids is 2. The second-order valence-corrected chi connectivity index (χ2v) is 6.87. The van der Waals surface area contributed by atoms with Gasteiger partial charge in [-0.1, -0.05) is 23.9 Å². The Kier molecular flexibility index (Phi) is 8.06. The molecular formula is C19H23N3O5S. The number of nitrogens with zero attached hydrogens (tertiary/aromatic N) is 2. The molecule has 150 valence electrons. The lowest BCUT2D eigenvalue weighted by Crippen LogP contribution is -2.28. The van der Waals surface area contributed by atoms with Crippen LogP contribution in [0.5, 0.6) is 5.75 Å². The smallest absolute Gasteiger partial charge is 0.311 e. The maximum atomic E-state index is 12.4. The van der Waals surface area contributed by atoms with Gasteiger partial charge in [-0.2, -0.15) is 0 Å². The summed E-state index contributed by atoms with van der Waals surface area (Å²) in [7, 11) is 2.98. The van der Waals surface area contributed by atoms with Gasteiger partial charge in [-0.05, 0) is 24.6 Å². The van der Waals surface area contributed by atoms with Crippen LogP contribution in [0.4, 0.5) is 0 Å². The van der Waals surface area contributed by atoms with Gasteiger partial charge in [0.05, 0.1) is 31.6 Å². The molecule has 1 N–H and O–H groups in total. The standard InChI is InChI=1S/C19H23N3O5S/c1-4-27-15-7-5-13(6-8-15)11-22(2)17(24)12-28-19-20-14(9-16(23)21-19)10-18(25)26-3/h5-9H,4,10-12H2,1-3H3,(H,20,21,23). The molecule has 1 amide bonds. The maximum absolute atomic E-state index is 12.4. The van der Waals surface area contributed by atoms with Crippen LogP contribution in [0.25, 0.3) is 0 Å². The largest absolute Gasteiger partial charge is 0.494 e. The molecular weight excluding hydrogens is 382 g/mol. The Morgan fingerprint density at radius 2 is 1.96 bits per heavy atom. The van der Waals surface area contributed by atoms with Crippen molar-refractivity contribution in [3.63, 3.8) is 0 Å². The molecule has 9 heteroatoms. The predicted octanol–water partition coefficient (Wildman–Crippen LogP) is 1.63. The van der Waals surface area contributed by atoms with E-state index in [9.17, 15) is 14.4 Å². The number of aromatic nitrogens is 2. The molecule has 2 aromatic rings. The number of amides is 1. The average Bonchev–Trinajstić information content (AvgIpc) is 2.67. The molecule has 2 rings (SSSR count). The summed E-state index contributed by atoms with van der Waals surface area (Å²) in [5.41, 5.74) is 0.899. The van der Waals surface area contributed by atoms with Gasteiger partial charge in [-0.3, -0.25) is 14.4 Å². The van der Waals surface area contributed by atoms with Crippen molar-refractivity contribution >= 4 is 23.6 Å². The van der Waals surface area contributed by atoms with Gasteiger partial charge in [-0.15, -0.1) is 0 Å². The van der Waals surface area contributed by atoms with Crippen molar-refractivity contribution in [1.82, 2.24) is 14.9 Å². The molecule has 0 radical (unpaired) electrons. The molecule has 0 fully saturated rings. The summed E-state index contributed by atoms with van der Waals surface area (Å²) >= 11 is 1.11. The molecule has 0 aliphatic carbocycles. The number of benzene rings is 1. The van der Waals surface area contributed by atoms with Crippen molar-refractivity contribution in [3.8, 4) is 5.75 Å². The van der Waals surface area contributed by atoms with E-state index < -0.39 is 5.97 Å². The Balaban J connectivity index is 1.92. The van der Waals surface area contributed by atoms with Crippen LogP contribution in [0.2, 0.25) is 0 Å². The lowest BCUT2D eigenvalue weighted by Gasteiger charge is -2.17. The molecule has 0 saturated carbocycles. The van der Waals surface area contributed by atoms with Crippen LogP contribution in [0.3, 0.4) is 0 Å². The van der Waals surface area contributed by atoms with E-state index in [1.165, 1.54) is 13.2 Å². The first-order valence-electron chi connectivity index (χ1n) is 8.66. The van der Waals surface area contributed by atoms with E-state index in [0.29, 0.717) is 18.8 Å².